The van der Waals surface area contributed by atoms with Gasteiger partial charge in [0.2, 0.25) is 5.91 Å². The molecule has 2 aromatic rings. The molecule has 24 heavy (non-hydrogen) atoms. The van der Waals surface area contributed by atoms with Gasteiger partial charge in [0.1, 0.15) is 4.90 Å². The van der Waals surface area contributed by atoms with E-state index in [1.54, 1.807) is 37.3 Å². The first-order chi connectivity index (χ1) is 11.2. The lowest BCUT2D eigenvalue weighted by atomic mass is 10.1. The van der Waals surface area contributed by atoms with Gasteiger partial charge in [-0.1, -0.05) is 12.1 Å². The van der Waals surface area contributed by atoms with Gasteiger partial charge in [0.25, 0.3) is 10.0 Å². The maximum atomic E-state index is 12.5. The number of hydrogen-bond acceptors (Lipinski definition) is 4. The summed E-state index contributed by atoms with van der Waals surface area (Å²) in [7, 11) is -3.59. The number of anilines is 1. The number of sulfonamides is 1. The van der Waals surface area contributed by atoms with E-state index >= 15 is 0 Å². The minimum Gasteiger partial charge on any atom is -0.354 e. The van der Waals surface area contributed by atoms with Gasteiger partial charge < -0.3 is 5.32 Å². The molecule has 0 saturated carbocycles. The van der Waals surface area contributed by atoms with Gasteiger partial charge in [-0.15, -0.1) is 11.3 Å². The Morgan fingerprint density at radius 1 is 1.17 bits per heavy atom. The lowest BCUT2D eigenvalue weighted by molar-refractivity contribution is -0.120. The Balaban J connectivity index is 2.08. The van der Waals surface area contributed by atoms with E-state index in [9.17, 15) is 13.2 Å². The number of aryl methyl sites for hydroxylation is 2. The van der Waals surface area contributed by atoms with Crippen LogP contribution in [0.5, 0.6) is 0 Å². The normalized spacial score (nSPS) is 11.5. The zero-order valence-corrected chi connectivity index (χ0v) is 15.8. The summed E-state index contributed by atoms with van der Waals surface area (Å²) >= 11 is 1.46. The predicted octanol–water partition coefficient (Wildman–Crippen LogP) is 3.23. The molecule has 7 heteroatoms. The quantitative estimate of drug-likeness (QED) is 0.824. The zero-order chi connectivity index (χ0) is 17.9. The van der Waals surface area contributed by atoms with Crippen molar-refractivity contribution in [3.05, 3.63) is 45.6 Å². The maximum Gasteiger partial charge on any atom is 0.262 e. The van der Waals surface area contributed by atoms with Crippen LogP contribution in [0.4, 0.5) is 5.69 Å². The summed E-state index contributed by atoms with van der Waals surface area (Å²) in [5.74, 6) is -0.0531. The highest BCUT2D eigenvalue weighted by Crippen LogP contribution is 2.26. The van der Waals surface area contributed by atoms with Gasteiger partial charge >= 0.3 is 0 Å². The molecule has 5 nitrogen and oxygen atoms in total. The summed E-state index contributed by atoms with van der Waals surface area (Å²) in [5.41, 5.74) is 1.31. The van der Waals surface area contributed by atoms with Gasteiger partial charge in [0, 0.05) is 21.5 Å². The van der Waals surface area contributed by atoms with Crippen molar-refractivity contribution in [3.8, 4) is 0 Å². The predicted molar refractivity (Wildman–Crippen MR) is 98.0 cm³/mol. The number of amides is 1. The Labute approximate surface area is 147 Å². The molecule has 0 fully saturated rings. The molecule has 1 aromatic heterocycles. The molecule has 0 aliphatic heterocycles. The average Bonchev–Trinajstić information content (AvgIpc) is 2.79. The lowest BCUT2D eigenvalue weighted by Gasteiger charge is -2.10. The number of carbonyl (C=O) groups is 1. The van der Waals surface area contributed by atoms with Crippen LogP contribution >= 0.6 is 11.3 Å². The first kappa shape index (κ1) is 18.5. The Morgan fingerprint density at radius 2 is 1.79 bits per heavy atom. The average molecular weight is 367 g/mol. The smallest absolute Gasteiger partial charge is 0.262 e. The second-order valence-electron chi connectivity index (χ2n) is 5.98. The molecule has 0 saturated heterocycles. The van der Waals surface area contributed by atoms with Gasteiger partial charge in [-0.05, 0) is 51.5 Å². The van der Waals surface area contributed by atoms with Gasteiger partial charge in [0.05, 0.1) is 6.42 Å². The molecule has 0 aliphatic rings. The van der Waals surface area contributed by atoms with E-state index in [0.29, 0.717) is 10.6 Å². The topological polar surface area (TPSA) is 75.3 Å². The second kappa shape index (κ2) is 7.36. The monoisotopic (exact) mass is 366 g/mol. The van der Waals surface area contributed by atoms with Crippen molar-refractivity contribution in [2.24, 2.45) is 0 Å². The van der Waals surface area contributed by atoms with Crippen molar-refractivity contribution < 1.29 is 13.2 Å². The first-order valence-electron chi connectivity index (χ1n) is 7.65. The molecular weight excluding hydrogens is 344 g/mol. The molecule has 130 valence electrons. The number of thiophene rings is 1. The summed E-state index contributed by atoms with van der Waals surface area (Å²) in [4.78, 5) is 13.8. The molecule has 0 spiro atoms. The maximum absolute atomic E-state index is 12.5. The summed E-state index contributed by atoms with van der Waals surface area (Å²) in [5, 5.41) is 2.82. The Hall–Kier alpha value is -1.86. The molecule has 0 bridgehead atoms. The first-order valence-corrected chi connectivity index (χ1v) is 9.95. The van der Waals surface area contributed by atoms with Crippen LogP contribution in [0, 0.1) is 13.8 Å². The van der Waals surface area contributed by atoms with Crippen molar-refractivity contribution >= 4 is 33.0 Å². The van der Waals surface area contributed by atoms with E-state index in [2.05, 4.69) is 10.0 Å². The van der Waals surface area contributed by atoms with Crippen LogP contribution < -0.4 is 10.0 Å². The second-order valence-corrected chi connectivity index (χ2v) is 9.09. The van der Waals surface area contributed by atoms with Crippen LogP contribution in [0.25, 0.3) is 0 Å². The van der Waals surface area contributed by atoms with Gasteiger partial charge in [0.15, 0.2) is 0 Å². The largest absolute Gasteiger partial charge is 0.354 e. The molecule has 2 N–H and O–H groups in total. The third kappa shape index (κ3) is 4.82. The SMILES string of the molecule is Cc1cc(S(=O)(=O)Nc2ccc(CC(=O)NC(C)C)cc2)c(C)s1. The summed E-state index contributed by atoms with van der Waals surface area (Å²) in [6.07, 6.45) is 0.272. The summed E-state index contributed by atoms with van der Waals surface area (Å²) < 4.78 is 27.5. The number of rotatable bonds is 6. The van der Waals surface area contributed by atoms with E-state index in [4.69, 9.17) is 0 Å². The molecule has 0 unspecified atom stereocenters. The van der Waals surface area contributed by atoms with E-state index in [1.165, 1.54) is 11.3 Å². The van der Waals surface area contributed by atoms with Crippen LogP contribution in [0.1, 0.15) is 29.2 Å². The van der Waals surface area contributed by atoms with Crippen LogP contribution in [-0.2, 0) is 21.2 Å². The molecule has 1 amide bonds. The van der Waals surface area contributed by atoms with Gasteiger partial charge in [-0.25, -0.2) is 8.42 Å². The summed E-state index contributed by atoms with van der Waals surface area (Å²) in [6.45, 7) is 7.49. The third-order valence-electron chi connectivity index (χ3n) is 3.31. The van der Waals surface area contributed by atoms with E-state index < -0.39 is 10.0 Å². The minimum atomic E-state index is -3.59. The van der Waals surface area contributed by atoms with Crippen LogP contribution in [0.3, 0.4) is 0 Å². The molecule has 0 radical (unpaired) electrons. The highest BCUT2D eigenvalue weighted by molar-refractivity contribution is 7.93. The number of carbonyl (C=O) groups excluding carboxylic acids is 1. The van der Waals surface area contributed by atoms with E-state index in [-0.39, 0.29) is 18.4 Å². The Kier molecular flexibility index (Phi) is 5.66. The fraction of sp³-hybridized carbons (Fsp3) is 0.353. The number of hydrogen-bond donors (Lipinski definition) is 2. The Bertz CT molecular complexity index is 822. The van der Waals surface area contributed by atoms with Crippen molar-refractivity contribution in [3.63, 3.8) is 0 Å². The van der Waals surface area contributed by atoms with Crippen molar-refractivity contribution in [1.82, 2.24) is 5.32 Å². The lowest BCUT2D eigenvalue weighted by Crippen LogP contribution is -2.31. The molecule has 2 rings (SSSR count). The minimum absolute atomic E-state index is 0.0531. The fourth-order valence-electron chi connectivity index (χ4n) is 2.33. The van der Waals surface area contributed by atoms with Crippen molar-refractivity contribution in [2.45, 2.75) is 45.1 Å². The highest BCUT2D eigenvalue weighted by Gasteiger charge is 2.19. The fourth-order valence-corrected chi connectivity index (χ4v) is 4.95. The molecule has 1 heterocycles. The van der Waals surface area contributed by atoms with Gasteiger partial charge in [-0.3, -0.25) is 9.52 Å². The van der Waals surface area contributed by atoms with E-state index in [1.807, 2.05) is 20.8 Å². The van der Waals surface area contributed by atoms with E-state index in [0.717, 1.165) is 15.3 Å². The number of nitrogens with one attached hydrogen (secondary N) is 2. The highest BCUT2D eigenvalue weighted by atomic mass is 32.2. The molecular formula is C17H22N2O3S2. The van der Waals surface area contributed by atoms with Crippen LogP contribution in [-0.4, -0.2) is 20.4 Å². The summed E-state index contributed by atoms with van der Waals surface area (Å²) in [6, 6.07) is 8.62. The van der Waals surface area contributed by atoms with Crippen molar-refractivity contribution in [2.75, 3.05) is 4.72 Å². The third-order valence-corrected chi connectivity index (χ3v) is 5.91. The van der Waals surface area contributed by atoms with Crippen LogP contribution in [0.2, 0.25) is 0 Å². The van der Waals surface area contributed by atoms with Crippen LogP contribution in [0.15, 0.2) is 35.2 Å². The standard InChI is InChI=1S/C17H22N2O3S2/c1-11(2)18-17(20)10-14-5-7-15(8-6-14)19-24(21,22)16-9-12(3)23-13(16)4/h5-9,11,19H,10H2,1-4H3,(H,18,20). The molecule has 1 aromatic carbocycles. The number of benzene rings is 1. The zero-order valence-electron chi connectivity index (χ0n) is 14.2. The van der Waals surface area contributed by atoms with Crippen molar-refractivity contribution in [1.29, 1.82) is 0 Å². The van der Waals surface area contributed by atoms with Gasteiger partial charge in [-0.2, -0.15) is 0 Å². The molecule has 0 aliphatic carbocycles. The Morgan fingerprint density at radius 3 is 2.29 bits per heavy atom. The molecule has 0 atom stereocenters.